The number of aryl methyl sites for hydroxylation is 2. The van der Waals surface area contributed by atoms with E-state index < -0.39 is 5.60 Å². The lowest BCUT2D eigenvalue weighted by Gasteiger charge is -2.31. The third-order valence-corrected chi connectivity index (χ3v) is 6.92. The van der Waals surface area contributed by atoms with Crippen LogP contribution in [0.2, 0.25) is 0 Å². The number of rotatable bonds is 2. The van der Waals surface area contributed by atoms with E-state index in [1.165, 1.54) is 12.0 Å². The Balaban J connectivity index is 2.08. The summed E-state index contributed by atoms with van der Waals surface area (Å²) < 4.78 is 7.63. The summed E-state index contributed by atoms with van der Waals surface area (Å²) >= 11 is 8.26. The highest BCUT2D eigenvalue weighted by Crippen LogP contribution is 2.55. The van der Waals surface area contributed by atoms with Crippen molar-refractivity contribution in [2.24, 2.45) is 0 Å². The molecule has 138 valence electrons. The van der Waals surface area contributed by atoms with Crippen LogP contribution in [0.5, 0.6) is 11.5 Å². The second-order valence-corrected chi connectivity index (χ2v) is 9.07. The molecule has 0 aliphatic carbocycles. The van der Waals surface area contributed by atoms with Crippen LogP contribution in [-0.4, -0.2) is 10.2 Å². The van der Waals surface area contributed by atoms with Crippen molar-refractivity contribution in [2.45, 2.75) is 24.3 Å². The average molecular weight is 508 g/mol. The molecule has 6 heteroatoms. The molecule has 0 bridgehead atoms. The van der Waals surface area contributed by atoms with Gasteiger partial charge in [-0.1, -0.05) is 18.2 Å². The minimum Gasteiger partial charge on any atom is -0.506 e. The van der Waals surface area contributed by atoms with Gasteiger partial charge in [0.15, 0.2) is 5.60 Å². The molecule has 3 nitrogen and oxygen atoms in total. The molecule has 0 radical (unpaired) electrons. The number of hydrogen-bond donors (Lipinski definition) is 2. The summed E-state index contributed by atoms with van der Waals surface area (Å²) in [6.07, 6.45) is 0. The van der Waals surface area contributed by atoms with Crippen molar-refractivity contribution < 1.29 is 14.4 Å². The van der Waals surface area contributed by atoms with Crippen LogP contribution in [0.3, 0.4) is 0 Å². The fraction of sp³-hybridized carbons (Fsp3) is 0.143. The van der Waals surface area contributed by atoms with Crippen LogP contribution >= 0.6 is 43.9 Å². The fourth-order valence-electron chi connectivity index (χ4n) is 3.44. The lowest BCUT2D eigenvalue weighted by molar-refractivity contribution is 0.204. The number of fused-ring (bicyclic) bond motifs is 1. The number of benzene rings is 3. The molecule has 0 unspecified atom stereocenters. The first-order valence-electron chi connectivity index (χ1n) is 8.29. The Morgan fingerprint density at radius 3 is 1.89 bits per heavy atom. The molecule has 1 heterocycles. The Hall–Kier alpha value is -1.47. The normalized spacial score (nSPS) is 15.0. The lowest BCUT2D eigenvalue weighted by Crippen LogP contribution is -2.28. The summed E-state index contributed by atoms with van der Waals surface area (Å²) in [5, 5.41) is 20.4. The quantitative estimate of drug-likeness (QED) is 0.385. The van der Waals surface area contributed by atoms with E-state index in [0.717, 1.165) is 32.7 Å². The third kappa shape index (κ3) is 2.90. The van der Waals surface area contributed by atoms with Gasteiger partial charge in [0.2, 0.25) is 0 Å². The van der Waals surface area contributed by atoms with Gasteiger partial charge in [-0.15, -0.1) is 0 Å². The molecular formula is C21H16Br2O3S. The van der Waals surface area contributed by atoms with Crippen molar-refractivity contribution in [3.05, 3.63) is 85.3 Å². The highest BCUT2D eigenvalue weighted by Gasteiger charge is 2.45. The van der Waals surface area contributed by atoms with Crippen LogP contribution in [0, 0.1) is 13.8 Å². The molecule has 0 saturated carbocycles. The molecule has 0 amide bonds. The maximum Gasteiger partial charge on any atom is 0.160 e. The summed E-state index contributed by atoms with van der Waals surface area (Å²) in [5.74, 6) is 0.437. The standard InChI is InChI=1S/C21H16Br2O3S/c1-11-7-13(9-16(22)19(11)24)21(14-8-12(2)20(25)17(23)10-14)15-5-3-4-6-18(15)27-26-21/h3-10,24-25H,1-2H3. The molecule has 2 N–H and O–H groups in total. The van der Waals surface area contributed by atoms with Crippen molar-refractivity contribution >= 4 is 43.9 Å². The summed E-state index contributed by atoms with van der Waals surface area (Å²) in [4.78, 5) is 1.04. The average Bonchev–Trinajstić information content (AvgIpc) is 3.04. The number of halogens is 2. The van der Waals surface area contributed by atoms with E-state index in [9.17, 15) is 10.2 Å². The molecule has 0 aromatic heterocycles. The first-order chi connectivity index (χ1) is 12.8. The number of phenols is 2. The SMILES string of the molecule is Cc1cc(C2(c3cc(C)c(O)c(Br)c3)OSc3ccccc32)cc(Br)c1O. The molecule has 3 aromatic carbocycles. The topological polar surface area (TPSA) is 49.7 Å². The molecule has 1 aliphatic heterocycles. The second kappa shape index (κ2) is 6.85. The minimum atomic E-state index is -0.858. The molecule has 0 fully saturated rings. The van der Waals surface area contributed by atoms with Crippen molar-refractivity contribution in [1.82, 2.24) is 0 Å². The van der Waals surface area contributed by atoms with Gasteiger partial charge in [0.25, 0.3) is 0 Å². The monoisotopic (exact) mass is 506 g/mol. The van der Waals surface area contributed by atoms with E-state index in [1.54, 1.807) is 0 Å². The van der Waals surface area contributed by atoms with E-state index >= 15 is 0 Å². The molecule has 0 atom stereocenters. The smallest absolute Gasteiger partial charge is 0.160 e. The molecule has 3 aromatic rings. The van der Waals surface area contributed by atoms with Crippen molar-refractivity contribution in [3.63, 3.8) is 0 Å². The Morgan fingerprint density at radius 2 is 1.37 bits per heavy atom. The van der Waals surface area contributed by atoms with Crippen LogP contribution in [-0.2, 0) is 9.78 Å². The fourth-order valence-corrected chi connectivity index (χ4v) is 5.49. The molecule has 4 rings (SSSR count). The highest BCUT2D eigenvalue weighted by molar-refractivity contribution is 9.10. The first-order valence-corrected chi connectivity index (χ1v) is 10.6. The van der Waals surface area contributed by atoms with Gasteiger partial charge in [-0.3, -0.25) is 4.18 Å². The van der Waals surface area contributed by atoms with Gasteiger partial charge in [0.05, 0.1) is 8.95 Å². The molecule has 1 aliphatic rings. The van der Waals surface area contributed by atoms with Crippen molar-refractivity contribution in [2.75, 3.05) is 0 Å². The molecular weight excluding hydrogens is 492 g/mol. The van der Waals surface area contributed by atoms with Gasteiger partial charge < -0.3 is 10.2 Å². The largest absolute Gasteiger partial charge is 0.506 e. The summed E-state index contributed by atoms with van der Waals surface area (Å²) in [7, 11) is 0. The summed E-state index contributed by atoms with van der Waals surface area (Å²) in [6, 6.07) is 15.7. The number of hydrogen-bond acceptors (Lipinski definition) is 4. The van der Waals surface area contributed by atoms with Gasteiger partial charge in [0, 0.05) is 22.5 Å². The lowest BCUT2D eigenvalue weighted by atomic mass is 9.79. The second-order valence-electron chi connectivity index (χ2n) is 6.59. The Morgan fingerprint density at radius 1 is 0.852 bits per heavy atom. The van der Waals surface area contributed by atoms with Gasteiger partial charge >= 0.3 is 0 Å². The van der Waals surface area contributed by atoms with Crippen molar-refractivity contribution in [3.8, 4) is 11.5 Å². The van der Waals surface area contributed by atoms with Gasteiger partial charge in [-0.05, 0) is 98.3 Å². The highest BCUT2D eigenvalue weighted by atomic mass is 79.9. The van der Waals surface area contributed by atoms with Crippen LogP contribution in [0.4, 0.5) is 0 Å². The maximum atomic E-state index is 10.2. The predicted octanol–water partition coefficient (Wildman–Crippen LogP) is 6.57. The Kier molecular flexibility index (Phi) is 4.79. The zero-order valence-electron chi connectivity index (χ0n) is 14.6. The van der Waals surface area contributed by atoms with E-state index in [0.29, 0.717) is 8.95 Å². The zero-order chi connectivity index (χ0) is 19.3. The Bertz CT molecular complexity index is 962. The third-order valence-electron chi connectivity index (χ3n) is 4.84. The first kappa shape index (κ1) is 18.9. The Labute approximate surface area is 178 Å². The van der Waals surface area contributed by atoms with Gasteiger partial charge in [-0.2, -0.15) is 0 Å². The van der Waals surface area contributed by atoms with E-state index in [1.807, 2.05) is 56.3 Å². The number of aromatic hydroxyl groups is 2. The molecule has 0 saturated heterocycles. The van der Waals surface area contributed by atoms with Crippen LogP contribution in [0.15, 0.2) is 62.4 Å². The molecule has 27 heavy (non-hydrogen) atoms. The zero-order valence-corrected chi connectivity index (χ0v) is 18.6. The summed E-state index contributed by atoms with van der Waals surface area (Å²) in [5.41, 5.74) is 3.49. The van der Waals surface area contributed by atoms with Crippen LogP contribution < -0.4 is 0 Å². The van der Waals surface area contributed by atoms with Gasteiger partial charge in [-0.25, -0.2) is 0 Å². The van der Waals surface area contributed by atoms with E-state index in [4.69, 9.17) is 4.18 Å². The van der Waals surface area contributed by atoms with E-state index in [-0.39, 0.29) is 11.5 Å². The minimum absolute atomic E-state index is 0.218. The molecule has 0 spiro atoms. The maximum absolute atomic E-state index is 10.2. The van der Waals surface area contributed by atoms with Crippen molar-refractivity contribution in [1.29, 1.82) is 0 Å². The van der Waals surface area contributed by atoms with E-state index in [2.05, 4.69) is 37.9 Å². The summed E-state index contributed by atoms with van der Waals surface area (Å²) in [6.45, 7) is 3.73. The number of phenolic OH excluding ortho intramolecular Hbond substituents is 2. The predicted molar refractivity (Wildman–Crippen MR) is 114 cm³/mol. The van der Waals surface area contributed by atoms with Crippen LogP contribution in [0.25, 0.3) is 0 Å². The van der Waals surface area contributed by atoms with Gasteiger partial charge in [0.1, 0.15) is 11.5 Å². The van der Waals surface area contributed by atoms with Crippen LogP contribution in [0.1, 0.15) is 27.8 Å².